The summed E-state index contributed by atoms with van der Waals surface area (Å²) in [6, 6.07) is 6.13. The zero-order valence-electron chi connectivity index (χ0n) is 11.6. The average molecular weight is 292 g/mol. The maximum absolute atomic E-state index is 12.9. The van der Waals surface area contributed by atoms with E-state index >= 15 is 0 Å². The zero-order valence-corrected chi connectivity index (χ0v) is 11.6. The smallest absolute Gasteiger partial charge is 0.226 e. The Morgan fingerprint density at radius 1 is 1.29 bits per heavy atom. The van der Waals surface area contributed by atoms with Gasteiger partial charge in [-0.05, 0) is 17.7 Å². The van der Waals surface area contributed by atoms with E-state index in [-0.39, 0.29) is 17.8 Å². The molecule has 1 aromatic carbocycles. The van der Waals surface area contributed by atoms with Crippen molar-refractivity contribution >= 4 is 11.6 Å². The molecule has 0 bridgehead atoms. The van der Waals surface area contributed by atoms with Crippen LogP contribution in [0.15, 0.2) is 29.4 Å². The van der Waals surface area contributed by atoms with Crippen LogP contribution in [-0.2, 0) is 14.4 Å². The van der Waals surface area contributed by atoms with Crippen molar-refractivity contribution in [3.63, 3.8) is 0 Å². The SMILES string of the molecule is O=C(C[C@H]1CC(c2ccc(F)cc2)=NO1)N1CCOCC1. The summed E-state index contributed by atoms with van der Waals surface area (Å²) in [7, 11) is 0. The van der Waals surface area contributed by atoms with Gasteiger partial charge in [0.2, 0.25) is 5.91 Å². The first kappa shape index (κ1) is 14.0. The fourth-order valence-corrected chi connectivity index (χ4v) is 2.49. The monoisotopic (exact) mass is 292 g/mol. The molecule has 21 heavy (non-hydrogen) atoms. The first-order valence-electron chi connectivity index (χ1n) is 7.06. The minimum Gasteiger partial charge on any atom is -0.391 e. The van der Waals surface area contributed by atoms with Crippen molar-refractivity contribution < 1.29 is 18.8 Å². The third-order valence-corrected chi connectivity index (χ3v) is 3.68. The van der Waals surface area contributed by atoms with Crippen LogP contribution in [0.2, 0.25) is 0 Å². The lowest BCUT2D eigenvalue weighted by Gasteiger charge is -2.27. The number of oxime groups is 1. The van der Waals surface area contributed by atoms with Gasteiger partial charge < -0.3 is 14.5 Å². The fourth-order valence-electron chi connectivity index (χ4n) is 2.49. The van der Waals surface area contributed by atoms with Crippen molar-refractivity contribution in [1.29, 1.82) is 0 Å². The second-order valence-electron chi connectivity index (χ2n) is 5.17. The third kappa shape index (κ3) is 3.39. The van der Waals surface area contributed by atoms with Gasteiger partial charge in [-0.15, -0.1) is 0 Å². The Labute approximate surface area is 122 Å². The molecule has 0 saturated carbocycles. The number of hydrogen-bond donors (Lipinski definition) is 0. The van der Waals surface area contributed by atoms with Gasteiger partial charge in [0.1, 0.15) is 11.9 Å². The van der Waals surface area contributed by atoms with Crippen LogP contribution in [0.3, 0.4) is 0 Å². The highest BCUT2D eigenvalue weighted by molar-refractivity contribution is 6.01. The van der Waals surface area contributed by atoms with Crippen LogP contribution in [0, 0.1) is 5.82 Å². The van der Waals surface area contributed by atoms with E-state index in [1.165, 1.54) is 12.1 Å². The lowest BCUT2D eigenvalue weighted by Crippen LogP contribution is -2.41. The number of nitrogens with zero attached hydrogens (tertiary/aromatic N) is 2. The molecule has 2 aliphatic rings. The third-order valence-electron chi connectivity index (χ3n) is 3.68. The van der Waals surface area contributed by atoms with E-state index in [4.69, 9.17) is 9.57 Å². The summed E-state index contributed by atoms with van der Waals surface area (Å²) in [6.07, 6.45) is 0.649. The fraction of sp³-hybridized carbons (Fsp3) is 0.467. The van der Waals surface area contributed by atoms with Crippen LogP contribution in [0.25, 0.3) is 0 Å². The van der Waals surface area contributed by atoms with Gasteiger partial charge in [-0.1, -0.05) is 17.3 Å². The molecular weight excluding hydrogens is 275 g/mol. The summed E-state index contributed by atoms with van der Waals surface area (Å²) in [4.78, 5) is 19.3. The first-order chi connectivity index (χ1) is 10.2. The standard InChI is InChI=1S/C15H17FN2O3/c16-12-3-1-11(2-4-12)14-9-13(21-17-14)10-15(19)18-5-7-20-8-6-18/h1-4,13H,5-10H2/t13-/m1/s1. The Morgan fingerprint density at radius 3 is 2.71 bits per heavy atom. The van der Waals surface area contributed by atoms with Crippen LogP contribution in [0.4, 0.5) is 4.39 Å². The number of morpholine rings is 1. The average Bonchev–Trinajstić information content (AvgIpc) is 2.97. The quantitative estimate of drug-likeness (QED) is 0.849. The number of benzene rings is 1. The van der Waals surface area contributed by atoms with E-state index in [1.54, 1.807) is 17.0 Å². The second kappa shape index (κ2) is 6.22. The molecule has 0 aromatic heterocycles. The molecule has 112 valence electrons. The first-order valence-corrected chi connectivity index (χ1v) is 7.06. The molecule has 2 heterocycles. The number of carbonyl (C=O) groups is 1. The van der Waals surface area contributed by atoms with Crippen LogP contribution in [0.1, 0.15) is 18.4 Å². The number of halogens is 1. The Hall–Kier alpha value is -1.95. The van der Waals surface area contributed by atoms with Crippen molar-refractivity contribution in [2.45, 2.75) is 18.9 Å². The number of hydrogen-bond acceptors (Lipinski definition) is 4. The maximum Gasteiger partial charge on any atom is 0.226 e. The summed E-state index contributed by atoms with van der Waals surface area (Å²) in [5.41, 5.74) is 1.59. The van der Waals surface area contributed by atoms with Crippen LogP contribution >= 0.6 is 0 Å². The van der Waals surface area contributed by atoms with Crippen molar-refractivity contribution in [2.75, 3.05) is 26.3 Å². The largest absolute Gasteiger partial charge is 0.391 e. The van der Waals surface area contributed by atoms with Crippen LogP contribution < -0.4 is 0 Å². The van der Waals surface area contributed by atoms with E-state index in [0.29, 0.717) is 39.1 Å². The molecule has 3 rings (SSSR count). The molecule has 5 nitrogen and oxygen atoms in total. The molecule has 6 heteroatoms. The molecule has 2 aliphatic heterocycles. The van der Waals surface area contributed by atoms with E-state index in [9.17, 15) is 9.18 Å². The number of ether oxygens (including phenoxy) is 1. The maximum atomic E-state index is 12.9. The highest BCUT2D eigenvalue weighted by atomic mass is 19.1. The molecule has 0 aliphatic carbocycles. The number of carbonyl (C=O) groups excluding carboxylic acids is 1. The van der Waals surface area contributed by atoms with E-state index in [2.05, 4.69) is 5.16 Å². The van der Waals surface area contributed by atoms with Gasteiger partial charge in [0.05, 0.1) is 25.3 Å². The van der Waals surface area contributed by atoms with E-state index < -0.39 is 0 Å². The molecule has 0 N–H and O–H groups in total. The molecule has 1 atom stereocenters. The molecule has 1 fully saturated rings. The lowest BCUT2D eigenvalue weighted by molar-refractivity contribution is -0.137. The molecule has 0 spiro atoms. The Bertz CT molecular complexity index is 538. The lowest BCUT2D eigenvalue weighted by atomic mass is 10.0. The Kier molecular flexibility index (Phi) is 4.15. The van der Waals surface area contributed by atoms with Gasteiger partial charge in [-0.25, -0.2) is 4.39 Å². The van der Waals surface area contributed by atoms with Crippen molar-refractivity contribution in [3.05, 3.63) is 35.6 Å². The normalized spacial score (nSPS) is 21.9. The second-order valence-corrected chi connectivity index (χ2v) is 5.17. The molecule has 0 radical (unpaired) electrons. The summed E-state index contributed by atoms with van der Waals surface area (Å²) < 4.78 is 18.1. The molecule has 1 saturated heterocycles. The predicted molar refractivity (Wildman–Crippen MR) is 74.4 cm³/mol. The minimum atomic E-state index is -0.280. The predicted octanol–water partition coefficient (Wildman–Crippen LogP) is 1.57. The zero-order chi connectivity index (χ0) is 14.7. The van der Waals surface area contributed by atoms with Crippen molar-refractivity contribution in [1.82, 2.24) is 4.90 Å². The topological polar surface area (TPSA) is 51.1 Å². The minimum absolute atomic E-state index is 0.0684. The van der Waals surface area contributed by atoms with Gasteiger partial charge in [0, 0.05) is 19.5 Å². The Morgan fingerprint density at radius 2 is 2.00 bits per heavy atom. The van der Waals surface area contributed by atoms with Crippen LogP contribution in [0.5, 0.6) is 0 Å². The number of rotatable bonds is 3. The van der Waals surface area contributed by atoms with Gasteiger partial charge in [-0.3, -0.25) is 4.79 Å². The highest BCUT2D eigenvalue weighted by Crippen LogP contribution is 2.20. The number of amides is 1. The van der Waals surface area contributed by atoms with E-state index in [1.807, 2.05) is 0 Å². The summed E-state index contributed by atoms with van der Waals surface area (Å²) in [5.74, 6) is -0.212. The van der Waals surface area contributed by atoms with Gasteiger partial charge in [-0.2, -0.15) is 0 Å². The van der Waals surface area contributed by atoms with E-state index in [0.717, 1.165) is 11.3 Å². The van der Waals surface area contributed by atoms with Gasteiger partial charge in [0.15, 0.2) is 0 Å². The van der Waals surface area contributed by atoms with Crippen molar-refractivity contribution in [2.24, 2.45) is 5.16 Å². The molecular formula is C15H17FN2O3. The Balaban J connectivity index is 1.53. The summed E-state index contributed by atoms with van der Waals surface area (Å²) in [5, 5.41) is 4.01. The summed E-state index contributed by atoms with van der Waals surface area (Å²) in [6.45, 7) is 2.46. The van der Waals surface area contributed by atoms with Gasteiger partial charge >= 0.3 is 0 Å². The van der Waals surface area contributed by atoms with Crippen LogP contribution in [-0.4, -0.2) is 48.9 Å². The van der Waals surface area contributed by atoms with Gasteiger partial charge in [0.25, 0.3) is 0 Å². The molecule has 1 amide bonds. The summed E-state index contributed by atoms with van der Waals surface area (Å²) >= 11 is 0. The van der Waals surface area contributed by atoms with Crippen molar-refractivity contribution in [3.8, 4) is 0 Å². The molecule has 0 unspecified atom stereocenters. The highest BCUT2D eigenvalue weighted by Gasteiger charge is 2.27. The molecule has 1 aromatic rings.